The van der Waals surface area contributed by atoms with Crippen LogP contribution in [0.2, 0.25) is 0 Å². The van der Waals surface area contributed by atoms with Crippen LogP contribution >= 0.6 is 18.9 Å². The van der Waals surface area contributed by atoms with Crippen molar-refractivity contribution in [3.05, 3.63) is 215 Å². The fourth-order valence-electron chi connectivity index (χ4n) is 10.3. The van der Waals surface area contributed by atoms with Gasteiger partial charge in [0.05, 0.1) is 16.8 Å². The second kappa shape index (κ2) is 11.7. The number of furan rings is 1. The van der Waals surface area contributed by atoms with Crippen molar-refractivity contribution in [2.24, 2.45) is 0 Å². The molecule has 1 spiro atoms. The van der Waals surface area contributed by atoms with E-state index in [2.05, 4.69) is 152 Å². The Morgan fingerprint density at radius 1 is 0.491 bits per heavy atom. The van der Waals surface area contributed by atoms with Crippen LogP contribution in [-0.4, -0.2) is 0 Å². The lowest BCUT2D eigenvalue weighted by molar-refractivity contribution is 0.589. The van der Waals surface area contributed by atoms with Crippen molar-refractivity contribution >= 4 is 73.8 Å². The zero-order valence-corrected chi connectivity index (χ0v) is 33.2. The van der Waals surface area contributed by atoms with E-state index in [-0.39, 0.29) is 5.41 Å². The highest BCUT2D eigenvalue weighted by Crippen LogP contribution is 2.63. The molecule has 272 valence electrons. The van der Waals surface area contributed by atoms with Gasteiger partial charge in [0.1, 0.15) is 11.2 Å². The predicted octanol–water partition coefficient (Wildman–Crippen LogP) is 12.5. The molecule has 0 aliphatic carbocycles. The van der Waals surface area contributed by atoms with Crippen LogP contribution in [0.3, 0.4) is 0 Å². The monoisotopic (exact) mass is 769 g/mol. The van der Waals surface area contributed by atoms with Crippen molar-refractivity contribution in [3.63, 3.8) is 0 Å². The largest absolute Gasteiger partial charge is 0.456 e. The molecular formula is C52H36NO2PS. The Hall–Kier alpha value is -6.06. The topological polar surface area (TPSA) is 33.5 Å². The van der Waals surface area contributed by atoms with E-state index in [9.17, 15) is 0 Å². The summed E-state index contributed by atoms with van der Waals surface area (Å²) in [5.41, 5.74) is 11.3. The van der Waals surface area contributed by atoms with Gasteiger partial charge in [0.2, 0.25) is 0 Å². The highest BCUT2D eigenvalue weighted by atomic mass is 32.2. The van der Waals surface area contributed by atoms with Crippen LogP contribution in [-0.2, 0) is 15.4 Å². The minimum atomic E-state index is -3.40. The van der Waals surface area contributed by atoms with Crippen molar-refractivity contribution < 1.29 is 8.98 Å². The summed E-state index contributed by atoms with van der Waals surface area (Å²) in [6.45, 7) is 4.66. The van der Waals surface area contributed by atoms with Crippen LogP contribution in [0.4, 0.5) is 17.1 Å². The van der Waals surface area contributed by atoms with E-state index in [0.29, 0.717) is 0 Å². The quantitative estimate of drug-likeness (QED) is 0.164. The van der Waals surface area contributed by atoms with Gasteiger partial charge in [-0.2, -0.15) is 0 Å². The summed E-state index contributed by atoms with van der Waals surface area (Å²) < 4.78 is 23.1. The maximum atomic E-state index is 16.5. The highest BCUT2D eigenvalue weighted by Gasteiger charge is 2.54. The Labute approximate surface area is 336 Å². The molecule has 9 aromatic rings. The van der Waals surface area contributed by atoms with Crippen molar-refractivity contribution in [1.29, 1.82) is 0 Å². The molecule has 0 saturated carbocycles. The molecule has 8 aromatic carbocycles. The minimum absolute atomic E-state index is 0.152. The van der Waals surface area contributed by atoms with Gasteiger partial charge in [-0.25, -0.2) is 0 Å². The molecule has 12 rings (SSSR count). The molecule has 0 N–H and O–H groups in total. The van der Waals surface area contributed by atoms with E-state index < -0.39 is 12.6 Å². The molecular weight excluding hydrogens is 734 g/mol. The summed E-state index contributed by atoms with van der Waals surface area (Å²) in [4.78, 5) is 4.81. The Bertz CT molecular complexity index is 3150. The van der Waals surface area contributed by atoms with Gasteiger partial charge < -0.3 is 13.9 Å². The van der Waals surface area contributed by atoms with Gasteiger partial charge in [-0.3, -0.25) is 0 Å². The Morgan fingerprint density at radius 2 is 1.11 bits per heavy atom. The van der Waals surface area contributed by atoms with Crippen molar-refractivity contribution in [2.45, 2.75) is 34.5 Å². The van der Waals surface area contributed by atoms with E-state index in [0.717, 1.165) is 54.7 Å². The number of benzene rings is 8. The number of fused-ring (bicyclic) bond motifs is 13. The molecule has 5 heteroatoms. The SMILES string of the molecule is CC1(C)c2ccccc2N(c2ccc3c(c2)Sc2ccccc2C32c3ccccc3P(=O)(c3ccccc3)c3cc4oc5ccccc5c4cc32)c2ccccc21. The third kappa shape index (κ3) is 4.27. The number of anilines is 3. The third-order valence-corrected chi connectivity index (χ3v) is 17.1. The zero-order valence-electron chi connectivity index (χ0n) is 31.4. The minimum Gasteiger partial charge on any atom is -0.456 e. The number of para-hydroxylation sites is 3. The third-order valence-electron chi connectivity index (χ3n) is 12.8. The van der Waals surface area contributed by atoms with Gasteiger partial charge in [0.15, 0.2) is 7.14 Å². The Morgan fingerprint density at radius 3 is 1.88 bits per heavy atom. The lowest BCUT2D eigenvalue weighted by atomic mass is 9.64. The number of hydrogen-bond donors (Lipinski definition) is 0. The van der Waals surface area contributed by atoms with Gasteiger partial charge in [0, 0.05) is 47.6 Å². The average molecular weight is 770 g/mol. The molecule has 2 unspecified atom stereocenters. The Balaban J connectivity index is 1.20. The summed E-state index contributed by atoms with van der Waals surface area (Å²) in [5, 5.41) is 4.61. The van der Waals surface area contributed by atoms with Crippen molar-refractivity contribution in [2.75, 3.05) is 4.90 Å². The molecule has 0 amide bonds. The van der Waals surface area contributed by atoms with E-state index >= 15 is 4.57 Å². The summed E-state index contributed by atoms with van der Waals surface area (Å²) in [7, 11) is -3.40. The lowest BCUT2D eigenvalue weighted by Gasteiger charge is -2.48. The van der Waals surface area contributed by atoms with E-state index in [1.807, 2.05) is 60.3 Å². The summed E-state index contributed by atoms with van der Waals surface area (Å²) >= 11 is 1.83. The second-order valence-corrected chi connectivity index (χ2v) is 19.7. The second-order valence-electron chi connectivity index (χ2n) is 15.9. The molecule has 3 aliphatic rings. The van der Waals surface area contributed by atoms with Crippen molar-refractivity contribution in [1.82, 2.24) is 0 Å². The van der Waals surface area contributed by atoms with E-state index in [1.165, 1.54) is 43.4 Å². The van der Waals surface area contributed by atoms with Crippen LogP contribution < -0.4 is 20.8 Å². The highest BCUT2D eigenvalue weighted by molar-refractivity contribution is 7.99. The average Bonchev–Trinajstić information content (AvgIpc) is 3.63. The standard InChI is InChI=1S/C52H36NO2PS/c1-51(2)37-19-7-11-23-43(37)53(44-24-12-8-20-38(44)51)33-28-29-41-50(30-33)57-49-27-15-10-22-40(49)52(41)39-21-9-14-26-47(39)56(54,34-16-4-3-5-17-34)48-32-46-36(31-42(48)52)35-18-6-13-25-45(35)55-46/h3-32H,1-2H3. The molecule has 3 aliphatic heterocycles. The van der Waals surface area contributed by atoms with Gasteiger partial charge in [-0.15, -0.1) is 0 Å². The van der Waals surface area contributed by atoms with Crippen LogP contribution in [0.1, 0.15) is 47.2 Å². The predicted molar refractivity (Wildman–Crippen MR) is 236 cm³/mol. The first kappa shape index (κ1) is 33.1. The fraction of sp³-hybridized carbons (Fsp3) is 0.0769. The van der Waals surface area contributed by atoms with Gasteiger partial charge in [-0.1, -0.05) is 159 Å². The van der Waals surface area contributed by atoms with Gasteiger partial charge in [0.25, 0.3) is 0 Å². The first-order chi connectivity index (χ1) is 27.9. The number of nitrogens with zero attached hydrogens (tertiary/aromatic N) is 1. The van der Waals surface area contributed by atoms with Crippen LogP contribution in [0.15, 0.2) is 196 Å². The van der Waals surface area contributed by atoms with Gasteiger partial charge in [-0.05, 0) is 81.9 Å². The smallest absolute Gasteiger partial charge is 0.171 e. The first-order valence-electron chi connectivity index (χ1n) is 19.5. The normalized spacial score (nSPS) is 19.6. The molecule has 57 heavy (non-hydrogen) atoms. The Kier molecular flexibility index (Phi) is 6.82. The molecule has 1 aromatic heterocycles. The fourth-order valence-corrected chi connectivity index (χ4v) is 14.7. The molecule has 4 heterocycles. The molecule has 3 nitrogen and oxygen atoms in total. The van der Waals surface area contributed by atoms with Crippen LogP contribution in [0.5, 0.6) is 0 Å². The number of hydrogen-bond acceptors (Lipinski definition) is 4. The molecule has 0 bridgehead atoms. The van der Waals surface area contributed by atoms with Crippen LogP contribution in [0, 0.1) is 0 Å². The lowest BCUT2D eigenvalue weighted by Crippen LogP contribution is -2.48. The maximum Gasteiger partial charge on any atom is 0.171 e. The maximum absolute atomic E-state index is 16.5. The van der Waals surface area contributed by atoms with Crippen molar-refractivity contribution in [3.8, 4) is 0 Å². The molecule has 2 atom stereocenters. The molecule has 0 saturated heterocycles. The molecule has 0 fully saturated rings. The number of rotatable bonds is 2. The molecule has 0 radical (unpaired) electrons. The summed E-state index contributed by atoms with van der Waals surface area (Å²) in [6.07, 6.45) is 0. The first-order valence-corrected chi connectivity index (χ1v) is 22.1. The summed E-state index contributed by atoms with van der Waals surface area (Å²) in [6, 6.07) is 64.8. The zero-order chi connectivity index (χ0) is 38.1. The van der Waals surface area contributed by atoms with E-state index in [4.69, 9.17) is 4.42 Å². The van der Waals surface area contributed by atoms with Crippen LogP contribution in [0.25, 0.3) is 21.9 Å². The van der Waals surface area contributed by atoms with E-state index in [1.54, 1.807) is 0 Å². The van der Waals surface area contributed by atoms with Gasteiger partial charge >= 0.3 is 0 Å². The summed E-state index contributed by atoms with van der Waals surface area (Å²) in [5.74, 6) is 0.